The lowest BCUT2D eigenvalue weighted by Crippen LogP contribution is -2.19. The minimum Gasteiger partial charge on any atom is -0.308 e. The Balaban J connectivity index is 1.18. The maximum absolute atomic E-state index is 13.2. The summed E-state index contributed by atoms with van der Waals surface area (Å²) in [6.07, 6.45) is 0. The number of urea groups is 1. The zero-order chi connectivity index (χ0) is 39.2. The summed E-state index contributed by atoms with van der Waals surface area (Å²) in [6.45, 7) is 0. The van der Waals surface area contributed by atoms with Crippen molar-refractivity contribution in [2.75, 3.05) is 20.1 Å². The Hall–Kier alpha value is -4.99. The van der Waals surface area contributed by atoms with E-state index >= 15 is 0 Å². The highest BCUT2D eigenvalue weighted by molar-refractivity contribution is 7.93. The van der Waals surface area contributed by atoms with Crippen molar-refractivity contribution in [3.8, 4) is 0 Å². The summed E-state index contributed by atoms with van der Waals surface area (Å²) in [4.78, 5) is 11.2. The monoisotopic (exact) mass is 850 g/mol. The van der Waals surface area contributed by atoms with Gasteiger partial charge in [0, 0.05) is 11.4 Å². The highest BCUT2D eigenvalue weighted by Crippen LogP contribution is 2.30. The maximum atomic E-state index is 13.2. The van der Waals surface area contributed by atoms with Crippen LogP contribution in [0.2, 0.25) is 10.0 Å². The van der Waals surface area contributed by atoms with Crippen molar-refractivity contribution in [1.29, 1.82) is 0 Å². The van der Waals surface area contributed by atoms with Gasteiger partial charge < -0.3 is 10.6 Å². The molecule has 6 N–H and O–H groups in total. The summed E-state index contributed by atoms with van der Waals surface area (Å²) < 4.78 is 122. The van der Waals surface area contributed by atoms with Crippen molar-refractivity contribution in [2.24, 2.45) is 0 Å². The van der Waals surface area contributed by atoms with Crippen LogP contribution in [0.25, 0.3) is 21.5 Å². The predicted octanol–water partition coefficient (Wildman–Crippen LogP) is 7.04. The number of rotatable bonds is 10. The number of carbonyl (C=O) groups excluding carboxylic acids is 1. The summed E-state index contributed by atoms with van der Waals surface area (Å²) in [6, 6.07) is 23.6. The summed E-state index contributed by atoms with van der Waals surface area (Å²) in [5.41, 5.74) is 0.240. The van der Waals surface area contributed by atoms with E-state index in [0.29, 0.717) is 21.5 Å². The van der Waals surface area contributed by atoms with Gasteiger partial charge in [0.05, 0.1) is 31.2 Å². The van der Waals surface area contributed by atoms with Crippen molar-refractivity contribution in [2.45, 2.75) is 19.6 Å². The number of carbonyl (C=O) groups is 1. The lowest BCUT2D eigenvalue weighted by atomic mass is 10.1. The van der Waals surface area contributed by atoms with Gasteiger partial charge in [0.2, 0.25) is 0 Å². The molecule has 0 saturated heterocycles. The Kier molecular flexibility index (Phi) is 10.3. The number of nitrogens with one attached hydrogen (secondary N) is 4. The zero-order valence-corrected chi connectivity index (χ0v) is 31.6. The minimum atomic E-state index is -4.73. The molecule has 6 aromatic carbocycles. The van der Waals surface area contributed by atoms with Crippen molar-refractivity contribution in [1.82, 2.24) is 0 Å². The van der Waals surface area contributed by atoms with Crippen LogP contribution in [0.4, 0.5) is 27.5 Å². The number of hydrogen-bond donors (Lipinski definition) is 6. The number of hydrogen-bond acceptors (Lipinski definition) is 9. The molecule has 21 heteroatoms. The van der Waals surface area contributed by atoms with E-state index in [2.05, 4.69) is 20.1 Å². The first-order chi connectivity index (χ1) is 25.2. The van der Waals surface area contributed by atoms with Gasteiger partial charge in [-0.05, 0) is 106 Å². The third kappa shape index (κ3) is 8.69. The Bertz CT molecular complexity index is 2780. The van der Waals surface area contributed by atoms with Crippen LogP contribution < -0.4 is 20.1 Å². The second-order valence-corrected chi connectivity index (χ2v) is 18.4. The molecular weight excluding hydrogens is 828 g/mol. The van der Waals surface area contributed by atoms with Gasteiger partial charge in [-0.15, -0.1) is 0 Å². The van der Waals surface area contributed by atoms with E-state index in [4.69, 9.17) is 23.2 Å². The highest BCUT2D eigenvalue weighted by Gasteiger charge is 2.21. The molecule has 0 aliphatic heterocycles. The van der Waals surface area contributed by atoms with E-state index < -0.39 is 56.1 Å². The molecule has 0 fully saturated rings. The molecule has 2 amide bonds. The van der Waals surface area contributed by atoms with Gasteiger partial charge in [-0.1, -0.05) is 47.5 Å². The predicted molar refractivity (Wildman–Crippen MR) is 205 cm³/mol. The van der Waals surface area contributed by atoms with Crippen molar-refractivity contribution in [3.63, 3.8) is 0 Å². The molecule has 6 rings (SSSR count). The molecule has 0 bridgehead atoms. The normalized spacial score (nSPS) is 12.4. The smallest absolute Gasteiger partial charge is 0.308 e. The fourth-order valence-corrected chi connectivity index (χ4v) is 9.36. The number of amides is 2. The molecule has 0 saturated carbocycles. The molecule has 0 aliphatic carbocycles. The second-order valence-electron chi connectivity index (χ2n) is 11.5. The van der Waals surface area contributed by atoms with Gasteiger partial charge in [-0.25, -0.2) is 21.6 Å². The third-order valence-corrected chi connectivity index (χ3v) is 13.1. The van der Waals surface area contributed by atoms with Crippen LogP contribution in [-0.4, -0.2) is 48.8 Å². The molecular formula is C33H24Cl2N4O11S4. The molecule has 0 radical (unpaired) electrons. The fraction of sp³-hybridized carbons (Fsp3) is 0. The Morgan fingerprint density at radius 1 is 0.444 bits per heavy atom. The standard InChI is InChI=1S/C33H24Cl2N4O11S4/c34-29-11-7-25(17-31(29)53(45,46)47)38-51(41,42)27-9-3-19-1-5-23(13-21(19)15-27)36-33(40)37-24-6-2-20-4-10-28(16-22(20)14-24)52(43,44)39-26-8-12-30(35)32(18-26)54(48,49)50/h1-18,38-39H,(H2,36,37,40)(H,45,46,47)(H,48,49,50). The van der Waals surface area contributed by atoms with E-state index in [1.165, 1.54) is 60.7 Å². The molecule has 6 aromatic rings. The van der Waals surface area contributed by atoms with Crippen LogP contribution >= 0.6 is 23.2 Å². The topological polar surface area (TPSA) is 242 Å². The van der Waals surface area contributed by atoms with Gasteiger partial charge in [0.15, 0.2) is 0 Å². The lowest BCUT2D eigenvalue weighted by Gasteiger charge is -2.12. The van der Waals surface area contributed by atoms with E-state index in [-0.39, 0.29) is 42.6 Å². The molecule has 0 heterocycles. The van der Waals surface area contributed by atoms with E-state index in [9.17, 15) is 47.6 Å². The van der Waals surface area contributed by atoms with Gasteiger partial charge in [0.25, 0.3) is 40.3 Å². The molecule has 15 nitrogen and oxygen atoms in total. The van der Waals surface area contributed by atoms with Crippen LogP contribution in [0.1, 0.15) is 0 Å². The van der Waals surface area contributed by atoms with Crippen molar-refractivity contribution in [3.05, 3.63) is 119 Å². The van der Waals surface area contributed by atoms with Crippen molar-refractivity contribution < 1.29 is 47.6 Å². The quantitative estimate of drug-likeness (QED) is 0.0764. The highest BCUT2D eigenvalue weighted by atomic mass is 35.5. The summed E-state index contributed by atoms with van der Waals surface area (Å²) in [5, 5.41) is 6.80. The average molecular weight is 852 g/mol. The summed E-state index contributed by atoms with van der Waals surface area (Å²) >= 11 is 11.6. The SMILES string of the molecule is O=C(Nc1ccc2ccc(S(=O)(=O)Nc3ccc(Cl)c(S(=O)(=O)O)c3)cc2c1)Nc1ccc2ccc(S(=O)(=O)Nc3ccc(Cl)c(S(=O)(=O)O)c3)cc2c1. The number of sulfonamides is 2. The zero-order valence-electron chi connectivity index (χ0n) is 26.8. The van der Waals surface area contributed by atoms with Gasteiger partial charge >= 0.3 is 6.03 Å². The third-order valence-electron chi connectivity index (χ3n) is 7.68. The van der Waals surface area contributed by atoms with Crippen LogP contribution in [0.15, 0.2) is 129 Å². The number of anilines is 4. The van der Waals surface area contributed by atoms with Crippen LogP contribution in [0.3, 0.4) is 0 Å². The van der Waals surface area contributed by atoms with E-state index in [1.54, 1.807) is 24.3 Å². The summed E-state index contributed by atoms with van der Waals surface area (Å²) in [5.74, 6) is 0. The Labute approximate surface area is 318 Å². The van der Waals surface area contributed by atoms with Crippen molar-refractivity contribution >= 4 is 114 Å². The first-order valence-electron chi connectivity index (χ1n) is 14.9. The molecule has 0 atom stereocenters. The maximum Gasteiger partial charge on any atom is 0.323 e. The largest absolute Gasteiger partial charge is 0.323 e. The van der Waals surface area contributed by atoms with Crippen LogP contribution in [-0.2, 0) is 40.3 Å². The Morgan fingerprint density at radius 2 is 0.796 bits per heavy atom. The molecule has 0 aromatic heterocycles. The molecule has 54 heavy (non-hydrogen) atoms. The second kappa shape index (κ2) is 14.3. The van der Waals surface area contributed by atoms with Gasteiger partial charge in [-0.2, -0.15) is 16.8 Å². The van der Waals surface area contributed by atoms with Crippen LogP contribution in [0, 0.1) is 0 Å². The lowest BCUT2D eigenvalue weighted by molar-refractivity contribution is 0.262. The van der Waals surface area contributed by atoms with Gasteiger partial charge in [0.1, 0.15) is 9.79 Å². The molecule has 0 unspecified atom stereocenters. The van der Waals surface area contributed by atoms with Gasteiger partial charge in [-0.3, -0.25) is 18.5 Å². The number of fused-ring (bicyclic) bond motifs is 2. The molecule has 0 spiro atoms. The number of benzene rings is 6. The first kappa shape index (κ1) is 38.7. The first-order valence-corrected chi connectivity index (χ1v) is 21.5. The minimum absolute atomic E-state index is 0.169. The fourth-order valence-electron chi connectivity index (χ4n) is 5.19. The van der Waals surface area contributed by atoms with E-state index in [1.807, 2.05) is 0 Å². The number of halogens is 2. The van der Waals surface area contributed by atoms with Crippen LogP contribution in [0.5, 0.6) is 0 Å². The Morgan fingerprint density at radius 3 is 1.17 bits per heavy atom. The average Bonchev–Trinajstić information content (AvgIpc) is 3.08. The molecule has 0 aliphatic rings. The van der Waals surface area contributed by atoms with E-state index in [0.717, 1.165) is 24.3 Å². The summed E-state index contributed by atoms with van der Waals surface area (Å²) in [7, 11) is -18.0. The molecule has 280 valence electrons.